The highest BCUT2D eigenvalue weighted by atomic mass is 35.5. The number of carbonyl (C=O) groups excluding carboxylic acids is 1. The minimum absolute atomic E-state index is 0.0292. The minimum Gasteiger partial charge on any atom is -0.495 e. The Labute approximate surface area is 240 Å². The topological polar surface area (TPSA) is 79.0 Å². The van der Waals surface area contributed by atoms with Crippen LogP contribution >= 0.6 is 11.6 Å². The molecular weight excluding hydrogens is 546 g/mol. The molecular formula is C31H30ClN3O4S. The van der Waals surface area contributed by atoms with Crippen LogP contribution in [-0.2, 0) is 10.0 Å². The summed E-state index contributed by atoms with van der Waals surface area (Å²) in [5.41, 5.74) is 2.95. The van der Waals surface area contributed by atoms with Crippen LogP contribution in [0.3, 0.4) is 0 Å². The van der Waals surface area contributed by atoms with Crippen molar-refractivity contribution in [1.82, 2.24) is 9.21 Å². The first-order chi connectivity index (χ1) is 19.4. The number of hydrogen-bond acceptors (Lipinski definition) is 5. The molecule has 1 fully saturated rings. The maximum atomic E-state index is 13.7. The summed E-state index contributed by atoms with van der Waals surface area (Å²) < 4.78 is 34.3. The predicted molar refractivity (Wildman–Crippen MR) is 157 cm³/mol. The molecule has 1 aliphatic rings. The zero-order chi connectivity index (χ0) is 28.1. The molecule has 0 saturated carbocycles. The second kappa shape index (κ2) is 12.2. The third-order valence-electron chi connectivity index (χ3n) is 7.01. The number of nitrogens with one attached hydrogen (secondary N) is 1. The molecule has 1 saturated heterocycles. The van der Waals surface area contributed by atoms with Crippen LogP contribution in [0.1, 0.15) is 27.5 Å². The number of rotatable bonds is 8. The number of carbonyl (C=O) groups is 1. The van der Waals surface area contributed by atoms with E-state index in [2.05, 4.69) is 34.5 Å². The van der Waals surface area contributed by atoms with Gasteiger partial charge in [-0.3, -0.25) is 9.69 Å². The van der Waals surface area contributed by atoms with Crippen LogP contribution in [0.15, 0.2) is 108 Å². The molecule has 0 aliphatic carbocycles. The van der Waals surface area contributed by atoms with Gasteiger partial charge in [0, 0.05) is 36.8 Å². The van der Waals surface area contributed by atoms with Crippen molar-refractivity contribution >= 4 is 33.2 Å². The minimum atomic E-state index is -3.82. The number of hydrogen-bond donors (Lipinski definition) is 1. The summed E-state index contributed by atoms with van der Waals surface area (Å²) in [6, 6.07) is 31.6. The fourth-order valence-corrected chi connectivity index (χ4v) is 6.64. The number of nitrogens with zero attached hydrogens (tertiary/aromatic N) is 2. The van der Waals surface area contributed by atoms with Gasteiger partial charge in [0.05, 0.1) is 23.7 Å². The van der Waals surface area contributed by atoms with Gasteiger partial charge in [0.25, 0.3) is 5.91 Å². The molecule has 0 spiro atoms. The molecule has 1 heterocycles. The third kappa shape index (κ3) is 6.05. The molecule has 7 nitrogen and oxygen atoms in total. The van der Waals surface area contributed by atoms with Gasteiger partial charge in [0.15, 0.2) is 0 Å². The lowest BCUT2D eigenvalue weighted by Crippen LogP contribution is -2.49. The average Bonchev–Trinajstić information content (AvgIpc) is 2.98. The number of piperazine rings is 1. The van der Waals surface area contributed by atoms with Crippen LogP contribution in [0, 0.1) is 0 Å². The van der Waals surface area contributed by atoms with Crippen molar-refractivity contribution in [1.29, 1.82) is 0 Å². The van der Waals surface area contributed by atoms with Gasteiger partial charge >= 0.3 is 0 Å². The molecule has 40 heavy (non-hydrogen) atoms. The van der Waals surface area contributed by atoms with Crippen molar-refractivity contribution in [3.05, 3.63) is 125 Å². The highest BCUT2D eigenvalue weighted by Gasteiger charge is 2.32. The number of benzene rings is 4. The summed E-state index contributed by atoms with van der Waals surface area (Å²) in [4.78, 5) is 15.2. The first-order valence-corrected chi connectivity index (χ1v) is 14.8. The number of sulfonamides is 1. The Balaban J connectivity index is 1.35. The van der Waals surface area contributed by atoms with Crippen molar-refractivity contribution in [2.75, 3.05) is 38.6 Å². The van der Waals surface area contributed by atoms with Gasteiger partial charge in [0.1, 0.15) is 5.75 Å². The molecule has 4 aromatic rings. The Morgan fingerprint density at radius 2 is 1.45 bits per heavy atom. The van der Waals surface area contributed by atoms with Gasteiger partial charge in [0.2, 0.25) is 10.0 Å². The molecule has 1 amide bonds. The van der Waals surface area contributed by atoms with Gasteiger partial charge in [-0.05, 0) is 47.5 Å². The van der Waals surface area contributed by atoms with E-state index in [0.717, 1.165) is 0 Å². The lowest BCUT2D eigenvalue weighted by molar-refractivity contribution is 0.102. The molecule has 0 aromatic heterocycles. The van der Waals surface area contributed by atoms with Gasteiger partial charge in [-0.2, -0.15) is 4.31 Å². The maximum absolute atomic E-state index is 13.7. The fraction of sp³-hybridized carbons (Fsp3) is 0.194. The van der Waals surface area contributed by atoms with E-state index in [1.165, 1.54) is 34.7 Å². The molecule has 0 radical (unpaired) electrons. The highest BCUT2D eigenvalue weighted by molar-refractivity contribution is 7.89. The molecule has 0 bridgehead atoms. The third-order valence-corrected chi connectivity index (χ3v) is 9.14. The van der Waals surface area contributed by atoms with Crippen LogP contribution < -0.4 is 10.1 Å². The normalized spacial score (nSPS) is 14.7. The Kier molecular flexibility index (Phi) is 8.52. The smallest absolute Gasteiger partial charge is 0.255 e. The summed E-state index contributed by atoms with van der Waals surface area (Å²) in [5, 5.41) is 3.19. The number of halogens is 1. The van der Waals surface area contributed by atoms with E-state index in [1.807, 2.05) is 36.4 Å². The summed E-state index contributed by atoms with van der Waals surface area (Å²) >= 11 is 6.03. The van der Waals surface area contributed by atoms with Crippen LogP contribution in [0.25, 0.3) is 0 Å². The van der Waals surface area contributed by atoms with Crippen molar-refractivity contribution < 1.29 is 17.9 Å². The summed E-state index contributed by atoms with van der Waals surface area (Å²) in [6.45, 7) is 1.83. The highest BCUT2D eigenvalue weighted by Crippen LogP contribution is 2.32. The molecule has 1 aliphatic heterocycles. The van der Waals surface area contributed by atoms with Crippen LogP contribution in [0.2, 0.25) is 5.02 Å². The summed E-state index contributed by atoms with van der Waals surface area (Å²) in [6.07, 6.45) is 0. The number of methoxy groups -OCH3 is 1. The largest absolute Gasteiger partial charge is 0.495 e. The molecule has 9 heteroatoms. The van der Waals surface area contributed by atoms with Crippen molar-refractivity contribution in [2.45, 2.75) is 10.9 Å². The average molecular weight is 576 g/mol. The van der Waals surface area contributed by atoms with Crippen molar-refractivity contribution in [3.8, 4) is 5.75 Å². The van der Waals surface area contributed by atoms with Crippen LogP contribution in [-0.4, -0.2) is 56.8 Å². The summed E-state index contributed by atoms with van der Waals surface area (Å²) in [5.74, 6) is -0.0652. The number of ether oxygens (including phenoxy) is 1. The molecule has 0 atom stereocenters. The molecule has 0 unspecified atom stereocenters. The molecule has 4 aromatic carbocycles. The zero-order valence-electron chi connectivity index (χ0n) is 22.0. The number of anilines is 1. The molecule has 206 valence electrons. The van der Waals surface area contributed by atoms with E-state index in [0.29, 0.717) is 42.5 Å². The Bertz CT molecular complexity index is 1540. The first-order valence-electron chi connectivity index (χ1n) is 13.0. The Hall–Kier alpha value is -3.69. The van der Waals surface area contributed by atoms with E-state index in [-0.39, 0.29) is 16.6 Å². The van der Waals surface area contributed by atoms with Gasteiger partial charge in [-0.1, -0.05) is 78.3 Å². The van der Waals surface area contributed by atoms with E-state index in [4.69, 9.17) is 16.3 Å². The van der Waals surface area contributed by atoms with Gasteiger partial charge < -0.3 is 10.1 Å². The van der Waals surface area contributed by atoms with Gasteiger partial charge in [-0.15, -0.1) is 0 Å². The SMILES string of the molecule is COc1ccc(S(=O)(=O)N2CCN(C(c3ccccc3)c3ccccc3)CC2)cc1NC(=O)c1cccc(Cl)c1. The molecule has 5 rings (SSSR count). The fourth-order valence-electron chi connectivity index (χ4n) is 5.01. The maximum Gasteiger partial charge on any atom is 0.255 e. The lowest BCUT2D eigenvalue weighted by Gasteiger charge is -2.39. The predicted octanol–water partition coefficient (Wildman–Crippen LogP) is 5.70. The second-order valence-corrected chi connectivity index (χ2v) is 11.9. The van der Waals surface area contributed by atoms with E-state index >= 15 is 0 Å². The number of amides is 1. The summed E-state index contributed by atoms with van der Waals surface area (Å²) in [7, 11) is -2.35. The lowest BCUT2D eigenvalue weighted by atomic mass is 9.96. The van der Waals surface area contributed by atoms with Gasteiger partial charge in [-0.25, -0.2) is 8.42 Å². The standard InChI is InChI=1S/C31H30ClN3O4S/c1-39-29-16-15-27(22-28(29)33-31(36)25-13-8-14-26(32)21-25)40(37,38)35-19-17-34(18-20-35)30(23-9-4-2-5-10-23)24-11-6-3-7-12-24/h2-16,21-22,30H,17-20H2,1H3,(H,33,36). The second-order valence-electron chi connectivity index (χ2n) is 9.49. The van der Waals surface area contributed by atoms with E-state index < -0.39 is 15.9 Å². The van der Waals surface area contributed by atoms with Crippen molar-refractivity contribution in [2.24, 2.45) is 0 Å². The van der Waals surface area contributed by atoms with Crippen LogP contribution in [0.4, 0.5) is 5.69 Å². The van der Waals surface area contributed by atoms with Crippen LogP contribution in [0.5, 0.6) is 5.75 Å². The van der Waals surface area contributed by atoms with E-state index in [9.17, 15) is 13.2 Å². The molecule has 1 N–H and O–H groups in total. The Morgan fingerprint density at radius 1 is 0.825 bits per heavy atom. The Morgan fingerprint density at radius 3 is 2.02 bits per heavy atom. The first kappa shape index (κ1) is 27.9. The zero-order valence-corrected chi connectivity index (χ0v) is 23.6. The monoisotopic (exact) mass is 575 g/mol. The van der Waals surface area contributed by atoms with Crippen molar-refractivity contribution in [3.63, 3.8) is 0 Å². The van der Waals surface area contributed by atoms with E-state index in [1.54, 1.807) is 30.3 Å². The quantitative estimate of drug-likeness (QED) is 0.292.